The summed E-state index contributed by atoms with van der Waals surface area (Å²) in [5, 5.41) is 12.0. The lowest BCUT2D eigenvalue weighted by Gasteiger charge is -2.26. The van der Waals surface area contributed by atoms with Crippen LogP contribution < -0.4 is 5.32 Å². The molecule has 2 N–H and O–H groups in total. The number of ether oxygens (including phenoxy) is 1. The van der Waals surface area contributed by atoms with E-state index in [0.29, 0.717) is 13.0 Å². The summed E-state index contributed by atoms with van der Waals surface area (Å²) < 4.78 is 5.62. The molecule has 2 aromatic carbocycles. The minimum atomic E-state index is -1.05. The first-order valence-corrected chi connectivity index (χ1v) is 11.9. The molecular formula is C27H34N2O5. The number of hydrogen-bond donors (Lipinski definition) is 2. The average Bonchev–Trinajstić information content (AvgIpc) is 3.10. The van der Waals surface area contributed by atoms with Gasteiger partial charge in [0.1, 0.15) is 13.2 Å². The van der Waals surface area contributed by atoms with Crippen molar-refractivity contribution in [2.24, 2.45) is 5.92 Å². The molecule has 0 saturated heterocycles. The highest BCUT2D eigenvalue weighted by atomic mass is 16.5. The van der Waals surface area contributed by atoms with Crippen molar-refractivity contribution >= 4 is 18.0 Å². The number of nitrogens with one attached hydrogen (secondary N) is 1. The zero-order chi connectivity index (χ0) is 24.7. The third kappa shape index (κ3) is 6.37. The van der Waals surface area contributed by atoms with Gasteiger partial charge in [-0.05, 0) is 34.6 Å². The molecule has 0 heterocycles. The maximum atomic E-state index is 12.8. The number of carboxylic acids is 1. The van der Waals surface area contributed by atoms with Gasteiger partial charge in [0.05, 0.1) is 0 Å². The Balaban J connectivity index is 1.62. The fraction of sp³-hybridized carbons (Fsp3) is 0.444. The molecule has 0 aliphatic heterocycles. The first kappa shape index (κ1) is 25.3. The highest BCUT2D eigenvalue weighted by Gasteiger charge is 2.29. The first-order chi connectivity index (χ1) is 16.3. The highest BCUT2D eigenvalue weighted by molar-refractivity contribution is 5.82. The van der Waals surface area contributed by atoms with Crippen molar-refractivity contribution in [1.29, 1.82) is 0 Å². The molecular weight excluding hydrogens is 432 g/mol. The molecule has 0 saturated carbocycles. The van der Waals surface area contributed by atoms with Gasteiger partial charge in [0.15, 0.2) is 0 Å². The lowest BCUT2D eigenvalue weighted by atomic mass is 9.98. The number of carboxylic acid groups (broad SMARTS) is 1. The fourth-order valence-electron chi connectivity index (χ4n) is 4.58. The van der Waals surface area contributed by atoms with E-state index >= 15 is 0 Å². The van der Waals surface area contributed by atoms with E-state index in [0.717, 1.165) is 28.7 Å². The van der Waals surface area contributed by atoms with Gasteiger partial charge in [-0.25, -0.2) is 4.79 Å². The van der Waals surface area contributed by atoms with Gasteiger partial charge in [0, 0.05) is 24.9 Å². The zero-order valence-electron chi connectivity index (χ0n) is 20.1. The van der Waals surface area contributed by atoms with Crippen LogP contribution in [0.4, 0.5) is 4.79 Å². The van der Waals surface area contributed by atoms with E-state index in [-0.39, 0.29) is 37.3 Å². The predicted molar refractivity (Wildman–Crippen MR) is 131 cm³/mol. The number of carbonyl (C=O) groups is 3. The van der Waals surface area contributed by atoms with Crippen LogP contribution in [0.2, 0.25) is 0 Å². The van der Waals surface area contributed by atoms with Gasteiger partial charge >= 0.3 is 12.1 Å². The van der Waals surface area contributed by atoms with Crippen molar-refractivity contribution in [3.8, 4) is 11.1 Å². The van der Waals surface area contributed by atoms with Crippen LogP contribution in [-0.2, 0) is 14.3 Å². The van der Waals surface area contributed by atoms with E-state index in [1.807, 2.05) is 45.0 Å². The van der Waals surface area contributed by atoms with Crippen molar-refractivity contribution in [3.05, 3.63) is 59.7 Å². The molecule has 0 bridgehead atoms. The Morgan fingerprint density at radius 3 is 2.15 bits per heavy atom. The molecule has 0 spiro atoms. The number of benzene rings is 2. The number of nitrogens with zero attached hydrogens (tertiary/aromatic N) is 1. The number of amides is 2. The van der Waals surface area contributed by atoms with Crippen LogP contribution in [-0.4, -0.2) is 53.7 Å². The third-order valence-electron chi connectivity index (χ3n) is 5.99. The maximum Gasteiger partial charge on any atom is 0.407 e. The van der Waals surface area contributed by atoms with Crippen molar-refractivity contribution in [2.75, 3.05) is 19.7 Å². The Morgan fingerprint density at radius 1 is 1.03 bits per heavy atom. The van der Waals surface area contributed by atoms with E-state index in [2.05, 4.69) is 29.6 Å². The molecule has 1 atom stereocenters. The smallest absolute Gasteiger partial charge is 0.407 e. The minimum absolute atomic E-state index is 0.0397. The lowest BCUT2D eigenvalue weighted by molar-refractivity contribution is -0.145. The van der Waals surface area contributed by atoms with Crippen molar-refractivity contribution in [3.63, 3.8) is 0 Å². The fourth-order valence-corrected chi connectivity index (χ4v) is 4.58. The van der Waals surface area contributed by atoms with E-state index in [1.54, 1.807) is 0 Å². The monoisotopic (exact) mass is 466 g/mol. The summed E-state index contributed by atoms with van der Waals surface area (Å²) in [7, 11) is 0. The number of hydrogen-bond acceptors (Lipinski definition) is 4. The summed E-state index contributed by atoms with van der Waals surface area (Å²) in [5.41, 5.74) is 4.58. The van der Waals surface area contributed by atoms with Crippen LogP contribution in [0.15, 0.2) is 48.5 Å². The molecule has 0 aromatic heterocycles. The standard InChI is InChI=1S/C27H34N2O5/c1-4-9-19(14-25(30)29(15-18(2)3)16-26(31)32)28-27(33)34-17-24-22-12-7-5-10-20(22)21-11-6-8-13-23(21)24/h5-8,10-13,18-19,24H,4,9,14-17H2,1-3H3,(H,28,33)(H,31,32)/t19-/m1/s1. The summed E-state index contributed by atoms with van der Waals surface area (Å²) in [5.74, 6) is -1.23. The summed E-state index contributed by atoms with van der Waals surface area (Å²) in [6.07, 6.45) is 0.836. The zero-order valence-corrected chi connectivity index (χ0v) is 20.1. The molecule has 3 rings (SSSR count). The van der Waals surface area contributed by atoms with Gasteiger partial charge in [0.25, 0.3) is 0 Å². The van der Waals surface area contributed by atoms with Gasteiger partial charge in [-0.2, -0.15) is 0 Å². The molecule has 182 valence electrons. The Bertz CT molecular complexity index is 974. The second kappa shape index (κ2) is 11.7. The van der Waals surface area contributed by atoms with E-state index in [1.165, 1.54) is 4.90 Å². The second-order valence-electron chi connectivity index (χ2n) is 9.22. The summed E-state index contributed by atoms with van der Waals surface area (Å²) >= 11 is 0. The largest absolute Gasteiger partial charge is 0.480 e. The van der Waals surface area contributed by atoms with Crippen molar-refractivity contribution in [2.45, 2.75) is 52.0 Å². The minimum Gasteiger partial charge on any atom is -0.480 e. The molecule has 1 aliphatic rings. The molecule has 0 radical (unpaired) electrons. The molecule has 0 unspecified atom stereocenters. The van der Waals surface area contributed by atoms with Gasteiger partial charge in [-0.15, -0.1) is 0 Å². The number of alkyl carbamates (subject to hydrolysis) is 1. The number of fused-ring (bicyclic) bond motifs is 3. The number of rotatable bonds is 11. The molecule has 7 heteroatoms. The summed E-state index contributed by atoms with van der Waals surface area (Å²) in [6, 6.07) is 15.8. The average molecular weight is 467 g/mol. The Hall–Kier alpha value is -3.35. The Kier molecular flexibility index (Phi) is 8.68. The Labute approximate surface area is 201 Å². The van der Waals surface area contributed by atoms with E-state index in [9.17, 15) is 14.4 Å². The van der Waals surface area contributed by atoms with Crippen molar-refractivity contribution < 1.29 is 24.2 Å². The van der Waals surface area contributed by atoms with Crippen LogP contribution in [0.3, 0.4) is 0 Å². The molecule has 2 aromatic rings. The van der Waals surface area contributed by atoms with Gasteiger partial charge in [-0.3, -0.25) is 9.59 Å². The quantitative estimate of drug-likeness (QED) is 0.502. The van der Waals surface area contributed by atoms with E-state index in [4.69, 9.17) is 9.84 Å². The van der Waals surface area contributed by atoms with E-state index < -0.39 is 18.1 Å². The SMILES string of the molecule is CCC[C@H](CC(=O)N(CC(=O)O)CC(C)C)NC(=O)OCC1c2ccccc2-c2ccccc21. The second-order valence-corrected chi connectivity index (χ2v) is 9.22. The maximum absolute atomic E-state index is 12.8. The van der Waals surface area contributed by atoms with Gasteiger partial charge in [0.2, 0.25) is 5.91 Å². The molecule has 7 nitrogen and oxygen atoms in total. The van der Waals surface area contributed by atoms with Crippen LogP contribution >= 0.6 is 0 Å². The van der Waals surface area contributed by atoms with Crippen molar-refractivity contribution in [1.82, 2.24) is 10.2 Å². The van der Waals surface area contributed by atoms with Crippen LogP contribution in [0.5, 0.6) is 0 Å². The third-order valence-corrected chi connectivity index (χ3v) is 5.99. The molecule has 2 amide bonds. The van der Waals surface area contributed by atoms with Crippen LogP contribution in [0.25, 0.3) is 11.1 Å². The molecule has 34 heavy (non-hydrogen) atoms. The summed E-state index contributed by atoms with van der Waals surface area (Å²) in [6.45, 7) is 6.04. The van der Waals surface area contributed by atoms with Gasteiger partial charge in [-0.1, -0.05) is 75.7 Å². The Morgan fingerprint density at radius 2 is 1.62 bits per heavy atom. The lowest BCUT2D eigenvalue weighted by Crippen LogP contribution is -2.43. The number of carbonyl (C=O) groups excluding carboxylic acids is 2. The molecule has 0 fully saturated rings. The van der Waals surface area contributed by atoms with Crippen LogP contribution in [0, 0.1) is 5.92 Å². The summed E-state index contributed by atoms with van der Waals surface area (Å²) in [4.78, 5) is 38.0. The highest BCUT2D eigenvalue weighted by Crippen LogP contribution is 2.44. The first-order valence-electron chi connectivity index (χ1n) is 11.9. The topological polar surface area (TPSA) is 95.9 Å². The normalized spacial score (nSPS) is 13.2. The number of aliphatic carboxylic acids is 1. The van der Waals surface area contributed by atoms with Gasteiger partial charge < -0.3 is 20.1 Å². The predicted octanol–water partition coefficient (Wildman–Crippen LogP) is 4.65. The molecule has 1 aliphatic carbocycles. The van der Waals surface area contributed by atoms with Crippen LogP contribution in [0.1, 0.15) is 57.1 Å².